The lowest BCUT2D eigenvalue weighted by Gasteiger charge is -2.30. The molecule has 11 rings (SSSR count). The first-order valence-corrected chi connectivity index (χ1v) is 44.5. The van der Waals surface area contributed by atoms with Gasteiger partial charge in [-0.25, -0.2) is 9.97 Å². The number of aliphatic imine (C=N–C) groups is 1. The van der Waals surface area contributed by atoms with E-state index in [1.807, 2.05) is 72.3 Å². The van der Waals surface area contributed by atoms with Crippen molar-refractivity contribution in [3.05, 3.63) is 120 Å². The number of carbonyl (C=O) groups is 1. The molecule has 3 atom stereocenters. The summed E-state index contributed by atoms with van der Waals surface area (Å²) in [7, 11) is 28.8. The maximum atomic E-state index is 10.2. The number of hydrogen-bond donors (Lipinski definition) is 15. The van der Waals surface area contributed by atoms with Crippen LogP contribution < -0.4 is 89.2 Å². The normalized spacial score (nSPS) is 15.5. The van der Waals surface area contributed by atoms with Gasteiger partial charge in [0.2, 0.25) is 23.8 Å². The number of aliphatic carboxylic acids is 1. The van der Waals surface area contributed by atoms with Crippen LogP contribution >= 0.6 is 0 Å². The van der Waals surface area contributed by atoms with Gasteiger partial charge in [-0.05, 0) is 292 Å². The van der Waals surface area contributed by atoms with E-state index in [0.29, 0.717) is 92.3 Å². The van der Waals surface area contributed by atoms with E-state index in [1.165, 1.54) is 122 Å². The summed E-state index contributed by atoms with van der Waals surface area (Å²) in [4.78, 5) is 68.4. The van der Waals surface area contributed by atoms with E-state index < -0.39 is 12.0 Å². The van der Waals surface area contributed by atoms with Crippen LogP contribution in [0.2, 0.25) is 0 Å². The number of likely N-dealkylation sites (N-methyl/N-ethyl adjacent to an activating group) is 3. The topological polar surface area (TPSA) is 527 Å². The molecule has 6 heterocycles. The van der Waals surface area contributed by atoms with Gasteiger partial charge in [-0.15, -0.1) is 0 Å². The summed E-state index contributed by atoms with van der Waals surface area (Å²) in [6.45, 7) is 22.3. The van der Waals surface area contributed by atoms with Crippen LogP contribution in [-0.2, 0) is 16.1 Å². The third-order valence-electron chi connectivity index (χ3n) is 21.0. The maximum absolute atomic E-state index is 10.2. The number of aryl methyl sites for hydroxylation is 1. The molecule has 3 fully saturated rings. The predicted octanol–water partition coefficient (Wildman–Crippen LogP) is 5.51. The summed E-state index contributed by atoms with van der Waals surface area (Å²) in [5.74, 6) is 3.02. The summed E-state index contributed by atoms with van der Waals surface area (Å²) in [5, 5.41) is 21.2. The number of fused-ring (bicyclic) bond motifs is 4. The lowest BCUT2D eigenvalue weighted by molar-refractivity contribution is -0.138. The number of nitrogens with two attached hydrogens (primary N) is 12. The molecule has 1 aliphatic carbocycles. The van der Waals surface area contributed by atoms with E-state index in [-0.39, 0.29) is 35.5 Å². The number of nitrogen functional groups attached to an aromatic ring is 4. The summed E-state index contributed by atoms with van der Waals surface area (Å²) in [5.41, 5.74) is 71.1. The number of unbranched alkanes of at least 4 members (excludes halogenated alkanes) is 2. The highest BCUT2D eigenvalue weighted by atomic mass is 16.5. The van der Waals surface area contributed by atoms with Crippen LogP contribution in [0, 0.1) is 18.8 Å². The molecule has 126 heavy (non-hydrogen) atoms. The summed E-state index contributed by atoms with van der Waals surface area (Å²) in [6, 6.07) is 28.1. The number of ether oxygens (including phenoxy) is 1. The van der Waals surface area contributed by atoms with Crippen LogP contribution in [0.25, 0.3) is 43.6 Å². The molecule has 3 aliphatic rings. The number of nitrogens with zero attached hydrogens (tertiary/aromatic N) is 18. The van der Waals surface area contributed by atoms with Crippen molar-refractivity contribution in [3.8, 4) is 0 Å². The first kappa shape index (κ1) is 111. The zero-order valence-electron chi connectivity index (χ0n) is 79.4. The quantitative estimate of drug-likeness (QED) is 0.0101. The highest BCUT2D eigenvalue weighted by molar-refractivity contribution is 5.89. The minimum atomic E-state index is -0.913. The molecule has 4 aromatic carbocycles. The number of anilines is 6. The van der Waals surface area contributed by atoms with Crippen molar-refractivity contribution >= 4 is 91.0 Å². The van der Waals surface area contributed by atoms with Gasteiger partial charge in [0.05, 0.1) is 36.6 Å². The van der Waals surface area contributed by atoms with Crippen molar-refractivity contribution in [2.75, 3.05) is 256 Å². The van der Waals surface area contributed by atoms with Crippen LogP contribution in [0.15, 0.2) is 108 Å². The monoisotopic (exact) mass is 1750 g/mol. The minimum absolute atomic E-state index is 0.0443. The first-order valence-electron chi connectivity index (χ1n) is 44.5. The van der Waals surface area contributed by atoms with Gasteiger partial charge in [-0.1, -0.05) is 91.0 Å². The highest BCUT2D eigenvalue weighted by Crippen LogP contribution is 2.33. The Balaban J connectivity index is 0.000000390. The lowest BCUT2D eigenvalue weighted by Crippen LogP contribution is -2.36. The number of piperidine rings is 1. The Kier molecular flexibility index (Phi) is 56.2. The van der Waals surface area contributed by atoms with Crippen LogP contribution in [-0.4, -0.2) is 332 Å². The van der Waals surface area contributed by atoms with Crippen LogP contribution in [0.4, 0.5) is 35.4 Å². The van der Waals surface area contributed by atoms with Gasteiger partial charge in [0, 0.05) is 89.9 Å². The largest absolute Gasteiger partial charge is 0.480 e. The average Bonchev–Trinajstić information content (AvgIpc) is 0.802. The van der Waals surface area contributed by atoms with Gasteiger partial charge in [0.25, 0.3) is 0 Å². The van der Waals surface area contributed by atoms with Gasteiger partial charge < -0.3 is 133 Å². The van der Waals surface area contributed by atoms with E-state index in [0.717, 1.165) is 95.9 Å². The summed E-state index contributed by atoms with van der Waals surface area (Å²) in [6.07, 6.45) is 21.5. The molecule has 0 bridgehead atoms. The number of guanidine groups is 1. The standard InChI is InChI=1S/2C22H26N8.2C8H18N2.C7H16N2O2.C7H16N2.C6H16N2O.C6H14N2.C5H14N4/c1-14(16-10-6-8-15-7-2-3-9-17(15)16)30(12-5-4-11-23)22-26-13-18-19(24)27-21(25)28-20(18)29-22;1-14-8-9-15-6-2-3-7-16(15)18(14)13-30(11-5-4-10-23)22-26-12-17-19(24)27-21(25)28-20(17)29-22;1-10(2)7-8-3-5-9-6-4-8;1-10(2)8-5-3-7(9)4-6-8;1-9(2)5-3-4-6(8)7(10)11;1-9(2)6-7-3-4-8-5-7;1-8(2)4-6-9-5-3-7;1-8(2)6-4-3-5-7;1-9(2)4-3-8-5(6)7/h2-3,6-10,13-14H,4-5,11-12,23H2,1H3,(H4,24,25,26,27,28,29);2-3,6-9,12H,4-5,10-11,13,23H2,1H3,(H4,24,25,26,27,28,29);8-9H,3-7H2,1-2H3;7-8H,3-6,9H2,1-2H3;6H,3-5,8H2,1-2H3,(H,10,11);7-8H,3-6H2,1-2H3;3-7H2,1-2H3;3-4H,5-7H2,1-2H3;3-4H2,1-2H3,(H4,6,7,8)/b;;;;;;;4-3+;/t14-;;;;;;;;/m1......../s1. The molecule has 0 radical (unpaired) electrons. The van der Waals surface area contributed by atoms with E-state index in [2.05, 4.69) is 231 Å². The fraction of sp³-hybridized carbons (Fsp3) is 0.604. The molecular weight excluding hydrogens is 1590 g/mol. The third kappa shape index (κ3) is 46.0. The van der Waals surface area contributed by atoms with Gasteiger partial charge in [0.15, 0.2) is 17.3 Å². The number of benzene rings is 4. The average molecular weight is 1750 g/mol. The maximum Gasteiger partial charge on any atom is 0.320 e. The second-order valence-electron chi connectivity index (χ2n) is 34.0. The molecule has 706 valence electrons. The number of carboxylic acid groups (broad SMARTS) is 1. The van der Waals surface area contributed by atoms with Crippen LogP contribution in [0.1, 0.15) is 113 Å². The highest BCUT2D eigenvalue weighted by Gasteiger charge is 2.24. The number of aromatic nitrogens is 8. The Labute approximate surface area is 753 Å². The zero-order chi connectivity index (χ0) is 93.5. The molecule has 4 aromatic heterocycles. The van der Waals surface area contributed by atoms with Crippen molar-refractivity contribution in [1.82, 2.24) is 84.8 Å². The SMILES string of the molecule is CN(C)C/C=C/CN.CN(C)C1CCC(N)CC1.CN(C)CC1CCNC1.CN(C)CC1CCNCC1.CN(C)CCCC(N)C(=O)O.CN(C)CCN=C(N)N.CN(C)CCOCCN.C[C@H](c1cccc2ccccc12)N(CCCCN)c1ncc2c(N)nc(N)nc2n1.Cc1ccc2ccccc2c1CN(CCCCN)c1ncc2c(N)nc(N)nc2n1. The fourth-order valence-corrected chi connectivity index (χ4v) is 13.9. The van der Waals surface area contributed by atoms with Crippen molar-refractivity contribution in [2.24, 2.45) is 62.7 Å². The molecule has 8 aromatic rings. The molecule has 0 spiro atoms. The number of nitrogens with one attached hydrogen (secondary N) is 2. The van der Waals surface area contributed by atoms with Crippen LogP contribution in [0.5, 0.6) is 0 Å². The van der Waals surface area contributed by atoms with Crippen molar-refractivity contribution < 1.29 is 14.6 Å². The molecule has 35 nitrogen and oxygen atoms in total. The number of rotatable bonds is 35. The Morgan fingerprint density at radius 2 is 1.08 bits per heavy atom. The molecule has 2 saturated heterocycles. The van der Waals surface area contributed by atoms with Gasteiger partial charge in [-0.2, -0.15) is 29.9 Å². The third-order valence-corrected chi connectivity index (χ3v) is 21.0. The minimum Gasteiger partial charge on any atom is -0.480 e. The second-order valence-corrected chi connectivity index (χ2v) is 34.0. The number of carboxylic acids is 1. The molecule has 1 saturated carbocycles. The second kappa shape index (κ2) is 63.8. The van der Waals surface area contributed by atoms with Gasteiger partial charge in [0.1, 0.15) is 17.7 Å². The van der Waals surface area contributed by atoms with E-state index in [1.54, 1.807) is 12.4 Å². The van der Waals surface area contributed by atoms with Crippen molar-refractivity contribution in [1.29, 1.82) is 0 Å². The zero-order valence-corrected chi connectivity index (χ0v) is 79.4. The number of hydrogen-bond acceptors (Lipinski definition) is 32. The molecule has 27 N–H and O–H groups in total. The van der Waals surface area contributed by atoms with Crippen LogP contribution in [0.3, 0.4) is 0 Å². The molecule has 35 heteroatoms. The Hall–Kier alpha value is -9.12. The Bertz CT molecular complexity index is 4280. The van der Waals surface area contributed by atoms with Crippen molar-refractivity contribution in [2.45, 2.75) is 128 Å². The van der Waals surface area contributed by atoms with E-state index in [9.17, 15) is 4.79 Å². The molecular formula is C91H164N32O3. The Morgan fingerprint density at radius 3 is 1.60 bits per heavy atom. The predicted molar refractivity (Wildman–Crippen MR) is 529 cm³/mol. The molecule has 2 unspecified atom stereocenters. The molecule has 0 amide bonds. The van der Waals surface area contributed by atoms with Gasteiger partial charge >= 0.3 is 5.97 Å². The summed E-state index contributed by atoms with van der Waals surface area (Å²) >= 11 is 0. The van der Waals surface area contributed by atoms with Crippen molar-refractivity contribution in [3.63, 3.8) is 0 Å². The van der Waals surface area contributed by atoms with E-state index in [4.69, 9.17) is 78.6 Å². The summed E-state index contributed by atoms with van der Waals surface area (Å²) < 4.78 is 5.13. The first-order chi connectivity index (χ1) is 60.1. The Morgan fingerprint density at radius 1 is 0.548 bits per heavy atom. The van der Waals surface area contributed by atoms with E-state index >= 15 is 0 Å². The fourth-order valence-electron chi connectivity index (χ4n) is 13.9. The smallest absolute Gasteiger partial charge is 0.320 e. The lowest BCUT2D eigenvalue weighted by atomic mass is 9.91. The van der Waals surface area contributed by atoms with Gasteiger partial charge in [-0.3, -0.25) is 9.79 Å². The molecule has 2 aliphatic heterocycles.